The zero-order valence-electron chi connectivity index (χ0n) is 35.0. The fraction of sp³-hybridized carbons (Fsp3) is 0.0870. The van der Waals surface area contributed by atoms with E-state index in [9.17, 15) is 19.2 Å². The first-order chi connectivity index (χ1) is 32.8. The van der Waals surface area contributed by atoms with E-state index in [1.807, 2.05) is 121 Å². The Morgan fingerprint density at radius 3 is 1.40 bits per heavy atom. The zero-order chi connectivity index (χ0) is 46.4. The van der Waals surface area contributed by atoms with E-state index in [1.54, 1.807) is 6.20 Å². The quantitative estimate of drug-likeness (QED) is 0.165. The van der Waals surface area contributed by atoms with Gasteiger partial charge in [-0.15, -0.1) is 14.2 Å². The van der Waals surface area contributed by atoms with E-state index in [2.05, 4.69) is 50.2 Å². The van der Waals surface area contributed by atoms with Crippen LogP contribution in [0, 0.1) is 0 Å². The van der Waals surface area contributed by atoms with Crippen molar-refractivity contribution in [2.45, 2.75) is 26.4 Å². The number of H-pyrrole nitrogens is 1. The van der Waals surface area contributed by atoms with Crippen LogP contribution in [0.2, 0.25) is 5.15 Å². The van der Waals surface area contributed by atoms with Gasteiger partial charge in [-0.2, -0.15) is 9.97 Å². The van der Waals surface area contributed by atoms with Crippen LogP contribution in [0.15, 0.2) is 178 Å². The van der Waals surface area contributed by atoms with E-state index in [4.69, 9.17) is 26.1 Å². The van der Waals surface area contributed by atoms with Gasteiger partial charge in [0, 0.05) is 25.1 Å². The summed E-state index contributed by atoms with van der Waals surface area (Å²) in [7, 11) is 0. The van der Waals surface area contributed by atoms with Crippen molar-refractivity contribution in [3.05, 3.63) is 228 Å². The molecule has 20 nitrogen and oxygen atoms in total. The summed E-state index contributed by atoms with van der Waals surface area (Å²) in [6, 6.07) is 38.3. The van der Waals surface area contributed by atoms with Crippen molar-refractivity contribution in [3.8, 4) is 0 Å². The molecular weight excluding hydrogens is 882 g/mol. The average Bonchev–Trinajstić information content (AvgIpc) is 3.37. The lowest BCUT2D eigenvalue weighted by atomic mass is 10.2. The number of hydrogen-bond donors (Lipinski definition) is 2. The Hall–Kier alpha value is -9.17. The largest absolute Gasteiger partial charge is 0.403 e. The van der Waals surface area contributed by atoms with E-state index in [0.717, 1.165) is 36.4 Å². The topological polar surface area (TPSA) is 242 Å². The summed E-state index contributed by atoms with van der Waals surface area (Å²) in [5.74, 6) is 0.430. The van der Waals surface area contributed by atoms with Gasteiger partial charge in [0.15, 0.2) is 16.9 Å². The van der Waals surface area contributed by atoms with Crippen molar-refractivity contribution in [2.75, 3.05) is 5.32 Å². The Labute approximate surface area is 382 Å². The second kappa shape index (κ2) is 21.5. The van der Waals surface area contributed by atoms with Crippen molar-refractivity contribution in [2.24, 2.45) is 0 Å². The first kappa shape index (κ1) is 44.4. The molecule has 6 aromatic heterocycles. The summed E-state index contributed by atoms with van der Waals surface area (Å²) in [4.78, 5) is 98.2. The lowest BCUT2D eigenvalue weighted by Gasteiger charge is -2.13. The predicted molar refractivity (Wildman–Crippen MR) is 247 cm³/mol. The van der Waals surface area contributed by atoms with Crippen LogP contribution in [0.1, 0.15) is 22.3 Å². The summed E-state index contributed by atoms with van der Waals surface area (Å²) >= 11 is 5.89. The van der Waals surface area contributed by atoms with Crippen molar-refractivity contribution in [1.29, 1.82) is 0 Å². The Kier molecular flexibility index (Phi) is 14.2. The van der Waals surface area contributed by atoms with Crippen LogP contribution < -0.4 is 42.5 Å². The third-order valence-electron chi connectivity index (χ3n) is 9.44. The molecule has 0 atom stereocenters. The lowest BCUT2D eigenvalue weighted by Crippen LogP contribution is -2.34. The van der Waals surface area contributed by atoms with Gasteiger partial charge in [0.25, 0.3) is 5.56 Å². The molecule has 0 amide bonds. The monoisotopic (exact) mass is 917 g/mol. The maximum absolute atomic E-state index is 12.5. The fourth-order valence-corrected chi connectivity index (χ4v) is 6.43. The van der Waals surface area contributed by atoms with E-state index >= 15 is 0 Å². The normalized spacial score (nSPS) is 10.6. The Morgan fingerprint density at radius 2 is 0.896 bits per heavy atom. The van der Waals surface area contributed by atoms with Gasteiger partial charge in [0.05, 0.1) is 10.8 Å². The van der Waals surface area contributed by atoms with E-state index in [1.165, 1.54) is 31.4 Å². The van der Waals surface area contributed by atoms with Crippen molar-refractivity contribution in [3.63, 3.8) is 0 Å². The van der Waals surface area contributed by atoms with Gasteiger partial charge >= 0.3 is 17.1 Å². The summed E-state index contributed by atoms with van der Waals surface area (Å²) in [6.07, 6.45) is 8.39. The molecule has 0 aliphatic rings. The number of anilines is 1. The maximum Gasteiger partial charge on any atom is 0.384 e. The lowest BCUT2D eigenvalue weighted by molar-refractivity contribution is 0.0946. The van der Waals surface area contributed by atoms with Gasteiger partial charge in [-0.1, -0.05) is 133 Å². The molecule has 0 unspecified atom stereocenters. The standard InChI is InChI=1S/C20H17N5O2.C13H9ClN4O2.C13H10N4O3/c26-20-24-18(22-11-15-7-3-1-4-8-15)17-12-21-14-23-19(17)25(20)27-13-16-9-5-2-6-10-16;14-11-10-6-15-8-16-12(10)18(13(19)17-11)20-7-9-4-2-1-3-5-9;18-12-10-6-14-8-15-11(10)17(13(19)16-12)20-7-9-4-2-1-3-5-9/h1-10,12,14H,11,13H2,(H,22,24,26);1-6,8H,7H2;1-6,8H,7H2,(H,16,18,19). The van der Waals surface area contributed by atoms with Crippen LogP contribution in [0.4, 0.5) is 5.82 Å². The molecule has 4 aromatic carbocycles. The van der Waals surface area contributed by atoms with Gasteiger partial charge < -0.3 is 19.8 Å². The number of benzene rings is 4. The first-order valence-corrected chi connectivity index (χ1v) is 20.6. The van der Waals surface area contributed by atoms with Crippen LogP contribution in [0.5, 0.6) is 0 Å². The highest BCUT2D eigenvalue weighted by atomic mass is 35.5. The van der Waals surface area contributed by atoms with Gasteiger partial charge in [0.2, 0.25) is 0 Å². The molecule has 6 heterocycles. The highest BCUT2D eigenvalue weighted by molar-refractivity contribution is 6.33. The van der Waals surface area contributed by atoms with E-state index < -0.39 is 22.6 Å². The van der Waals surface area contributed by atoms with Crippen LogP contribution in [0.25, 0.3) is 33.1 Å². The number of aromatic amines is 1. The third-order valence-corrected chi connectivity index (χ3v) is 9.73. The predicted octanol–water partition coefficient (Wildman–Crippen LogP) is 4.00. The molecule has 0 bridgehead atoms. The number of rotatable bonds is 12. The number of hydrogen-bond acceptors (Lipinski definition) is 16. The summed E-state index contributed by atoms with van der Waals surface area (Å²) in [6.45, 7) is 1.18. The highest BCUT2D eigenvalue weighted by Gasteiger charge is 2.14. The zero-order valence-corrected chi connectivity index (χ0v) is 35.8. The van der Waals surface area contributed by atoms with Gasteiger partial charge in [0.1, 0.15) is 55.2 Å². The second-order valence-corrected chi connectivity index (χ2v) is 14.3. The molecule has 0 spiro atoms. The van der Waals surface area contributed by atoms with Gasteiger partial charge in [-0.05, 0) is 22.3 Å². The van der Waals surface area contributed by atoms with E-state index in [0.29, 0.717) is 34.4 Å². The van der Waals surface area contributed by atoms with Crippen molar-refractivity contribution < 1.29 is 14.5 Å². The van der Waals surface area contributed by atoms with E-state index in [-0.39, 0.29) is 36.0 Å². The molecule has 0 aliphatic heterocycles. The SMILES string of the molecule is O=c1[nH]c(=O)n(OCc2ccccc2)c2ncncc12.O=c1nc(Cl)c2cncnc2n1OCc1ccccc1.O=c1nc(NCc2ccccc2)c2cncnc2n1OCc1ccccc1. The summed E-state index contributed by atoms with van der Waals surface area (Å²) in [5.41, 5.74) is 2.30. The maximum atomic E-state index is 12.5. The number of fused-ring (bicyclic) bond motifs is 3. The number of nitrogens with zero attached hydrogens (tertiary/aromatic N) is 11. The minimum atomic E-state index is -0.669. The Bertz CT molecular complexity index is 3490. The van der Waals surface area contributed by atoms with Crippen molar-refractivity contribution >= 4 is 50.5 Å². The number of aromatic nitrogens is 12. The number of halogens is 1. The average molecular weight is 918 g/mol. The fourth-order valence-electron chi connectivity index (χ4n) is 6.22. The van der Waals surface area contributed by atoms with Gasteiger partial charge in [-0.3, -0.25) is 9.78 Å². The molecule has 0 aliphatic carbocycles. The second-order valence-electron chi connectivity index (χ2n) is 14.0. The molecule has 0 radical (unpaired) electrons. The van der Waals surface area contributed by atoms with Crippen molar-refractivity contribution in [1.82, 2.24) is 59.0 Å². The molecule has 21 heteroatoms. The molecule has 10 rings (SSSR count). The molecule has 2 N–H and O–H groups in total. The molecular formula is C46H36ClN13O7. The molecule has 10 aromatic rings. The smallest absolute Gasteiger partial charge is 0.384 e. The Morgan fingerprint density at radius 1 is 0.493 bits per heavy atom. The highest BCUT2D eigenvalue weighted by Crippen LogP contribution is 2.18. The van der Waals surface area contributed by atoms with Crippen LogP contribution >= 0.6 is 11.6 Å². The van der Waals surface area contributed by atoms with Crippen LogP contribution in [-0.4, -0.2) is 59.0 Å². The minimum Gasteiger partial charge on any atom is -0.403 e. The molecule has 0 fully saturated rings. The molecule has 0 saturated heterocycles. The minimum absolute atomic E-state index is 0.0603. The molecule has 334 valence electrons. The summed E-state index contributed by atoms with van der Waals surface area (Å²) in [5, 5.41) is 4.51. The molecule has 67 heavy (non-hydrogen) atoms. The van der Waals surface area contributed by atoms with Crippen LogP contribution in [0.3, 0.4) is 0 Å². The first-order valence-electron chi connectivity index (χ1n) is 20.2. The Balaban J connectivity index is 0.000000139. The molecule has 0 saturated carbocycles. The van der Waals surface area contributed by atoms with Gasteiger partial charge in [-0.25, -0.2) is 44.3 Å². The summed E-state index contributed by atoms with van der Waals surface area (Å²) < 4.78 is 3.10. The third kappa shape index (κ3) is 11.1. The van der Waals surface area contributed by atoms with Crippen LogP contribution in [-0.2, 0) is 26.4 Å². The number of nitrogens with one attached hydrogen (secondary N) is 2.